The molecule has 1 aliphatic heterocycles. The van der Waals surface area contributed by atoms with Crippen LogP contribution in [0.15, 0.2) is 18.2 Å². The maximum Gasteiger partial charge on any atom is 0.146 e. The molecule has 1 aromatic carbocycles. The van der Waals surface area contributed by atoms with Crippen LogP contribution < -0.4 is 4.74 Å². The molecule has 0 saturated carbocycles. The van der Waals surface area contributed by atoms with Crippen LogP contribution in [-0.4, -0.2) is 29.9 Å². The Hall–Kier alpha value is -1.35. The van der Waals surface area contributed by atoms with E-state index in [0.29, 0.717) is 18.7 Å². The highest BCUT2D eigenvalue weighted by Gasteiger charge is 2.33. The van der Waals surface area contributed by atoms with Gasteiger partial charge in [-0.1, -0.05) is 12.1 Å². The predicted octanol–water partition coefficient (Wildman–Crippen LogP) is 2.95. The Labute approximate surface area is 115 Å². The number of rotatable bonds is 3. The average molecular weight is 261 g/mol. The maximum atomic E-state index is 11.7. The van der Waals surface area contributed by atoms with Gasteiger partial charge in [-0.15, -0.1) is 0 Å². The summed E-state index contributed by atoms with van der Waals surface area (Å²) in [7, 11) is 1.69. The Balaban J connectivity index is 2.15. The van der Waals surface area contributed by atoms with E-state index >= 15 is 0 Å². The molecule has 1 fully saturated rings. The first-order valence-corrected chi connectivity index (χ1v) is 6.82. The largest absolute Gasteiger partial charge is 0.496 e. The molecule has 1 heterocycles. The topological polar surface area (TPSA) is 29.5 Å². The van der Waals surface area contributed by atoms with Crippen LogP contribution in [0.4, 0.5) is 0 Å². The number of methoxy groups -OCH3 is 1. The van der Waals surface area contributed by atoms with Crippen LogP contribution in [-0.2, 0) is 11.3 Å². The quantitative estimate of drug-likeness (QED) is 0.838. The van der Waals surface area contributed by atoms with Crippen LogP contribution in [0.5, 0.6) is 5.75 Å². The number of carbonyl (C=O) groups is 1. The van der Waals surface area contributed by atoms with Crippen LogP contribution in [0.25, 0.3) is 0 Å². The number of hydrogen-bond donors (Lipinski definition) is 0. The van der Waals surface area contributed by atoms with Crippen LogP contribution in [0.1, 0.15) is 37.8 Å². The monoisotopic (exact) mass is 261 g/mol. The number of hydrogen-bond acceptors (Lipinski definition) is 3. The van der Waals surface area contributed by atoms with E-state index in [4.69, 9.17) is 4.74 Å². The van der Waals surface area contributed by atoms with E-state index in [2.05, 4.69) is 37.8 Å². The minimum Gasteiger partial charge on any atom is -0.496 e. The van der Waals surface area contributed by atoms with Gasteiger partial charge in [-0.3, -0.25) is 9.69 Å². The van der Waals surface area contributed by atoms with Crippen LogP contribution >= 0.6 is 0 Å². The summed E-state index contributed by atoms with van der Waals surface area (Å²) in [6, 6.07) is 6.23. The Morgan fingerprint density at radius 3 is 2.74 bits per heavy atom. The zero-order chi connectivity index (χ0) is 14.0. The summed E-state index contributed by atoms with van der Waals surface area (Å²) in [5.41, 5.74) is 2.48. The van der Waals surface area contributed by atoms with Gasteiger partial charge in [0.25, 0.3) is 0 Å². The van der Waals surface area contributed by atoms with Gasteiger partial charge in [0, 0.05) is 18.5 Å². The van der Waals surface area contributed by atoms with Gasteiger partial charge in [-0.2, -0.15) is 0 Å². The van der Waals surface area contributed by atoms with Crippen molar-refractivity contribution in [1.29, 1.82) is 0 Å². The molecule has 3 heteroatoms. The Morgan fingerprint density at radius 1 is 1.37 bits per heavy atom. The van der Waals surface area contributed by atoms with Crippen molar-refractivity contribution in [2.45, 2.75) is 45.7 Å². The molecular formula is C16H23NO2. The van der Waals surface area contributed by atoms with Gasteiger partial charge in [0.1, 0.15) is 11.5 Å². The fraction of sp³-hybridized carbons (Fsp3) is 0.562. The van der Waals surface area contributed by atoms with Crippen molar-refractivity contribution >= 4 is 5.78 Å². The molecule has 0 bridgehead atoms. The summed E-state index contributed by atoms with van der Waals surface area (Å²) in [5.74, 6) is 1.27. The van der Waals surface area contributed by atoms with E-state index in [1.165, 1.54) is 5.56 Å². The van der Waals surface area contributed by atoms with Gasteiger partial charge in [0.15, 0.2) is 0 Å². The Bertz CT molecular complexity index is 480. The summed E-state index contributed by atoms with van der Waals surface area (Å²) in [4.78, 5) is 13.9. The molecule has 0 unspecified atom stereocenters. The van der Waals surface area contributed by atoms with Crippen molar-refractivity contribution in [2.75, 3.05) is 13.7 Å². The number of carbonyl (C=O) groups excluding carboxylic acids is 1. The number of likely N-dealkylation sites (tertiary alicyclic amines) is 1. The minimum atomic E-state index is 0.0990. The summed E-state index contributed by atoms with van der Waals surface area (Å²) >= 11 is 0. The number of aryl methyl sites for hydroxylation is 1. The first kappa shape index (κ1) is 14.1. The molecule has 0 radical (unpaired) electrons. The molecule has 0 aromatic heterocycles. The molecule has 1 aliphatic rings. The second-order valence-corrected chi connectivity index (χ2v) is 6.01. The molecule has 0 atom stereocenters. The highest BCUT2D eigenvalue weighted by Crippen LogP contribution is 2.28. The minimum absolute atomic E-state index is 0.0990. The van der Waals surface area contributed by atoms with Gasteiger partial charge in [0.2, 0.25) is 0 Å². The van der Waals surface area contributed by atoms with E-state index in [1.54, 1.807) is 7.11 Å². The summed E-state index contributed by atoms with van der Waals surface area (Å²) in [6.45, 7) is 7.88. The van der Waals surface area contributed by atoms with E-state index in [-0.39, 0.29) is 5.54 Å². The fourth-order valence-corrected chi connectivity index (χ4v) is 2.64. The fourth-order valence-electron chi connectivity index (χ4n) is 2.64. The highest BCUT2D eigenvalue weighted by atomic mass is 16.5. The predicted molar refractivity (Wildman–Crippen MR) is 76.5 cm³/mol. The molecular weight excluding hydrogens is 238 g/mol. The molecule has 3 nitrogen and oxygen atoms in total. The van der Waals surface area contributed by atoms with Crippen LogP contribution in [0.3, 0.4) is 0 Å². The zero-order valence-electron chi connectivity index (χ0n) is 12.3. The third-order valence-electron chi connectivity index (χ3n) is 4.07. The molecule has 0 amide bonds. The number of piperidine rings is 1. The second kappa shape index (κ2) is 5.33. The summed E-state index contributed by atoms with van der Waals surface area (Å²) in [5, 5.41) is 0. The van der Waals surface area contributed by atoms with Crippen molar-refractivity contribution in [3.8, 4) is 5.75 Å². The SMILES string of the molecule is COc1ccc(CN2CC(=O)CCC2(C)C)cc1C. The Morgan fingerprint density at radius 2 is 2.11 bits per heavy atom. The van der Waals surface area contributed by atoms with E-state index in [1.807, 2.05) is 6.07 Å². The third-order valence-corrected chi connectivity index (χ3v) is 4.07. The van der Waals surface area contributed by atoms with Crippen molar-refractivity contribution in [3.05, 3.63) is 29.3 Å². The zero-order valence-corrected chi connectivity index (χ0v) is 12.3. The molecule has 0 N–H and O–H groups in total. The lowest BCUT2D eigenvalue weighted by atomic mass is 9.89. The molecule has 0 spiro atoms. The number of ether oxygens (including phenoxy) is 1. The summed E-state index contributed by atoms with van der Waals surface area (Å²) < 4.78 is 5.28. The first-order chi connectivity index (χ1) is 8.92. The maximum absolute atomic E-state index is 11.7. The lowest BCUT2D eigenvalue weighted by Crippen LogP contribution is -2.50. The molecule has 104 valence electrons. The molecule has 0 aliphatic carbocycles. The third kappa shape index (κ3) is 3.16. The molecule has 1 saturated heterocycles. The average Bonchev–Trinajstić information content (AvgIpc) is 2.35. The molecule has 19 heavy (non-hydrogen) atoms. The second-order valence-electron chi connectivity index (χ2n) is 6.01. The van der Waals surface area contributed by atoms with E-state index in [0.717, 1.165) is 24.3 Å². The highest BCUT2D eigenvalue weighted by molar-refractivity contribution is 5.81. The van der Waals surface area contributed by atoms with Gasteiger partial charge in [-0.05, 0) is 44.4 Å². The van der Waals surface area contributed by atoms with Crippen molar-refractivity contribution < 1.29 is 9.53 Å². The van der Waals surface area contributed by atoms with Crippen LogP contribution in [0, 0.1) is 6.92 Å². The van der Waals surface area contributed by atoms with Gasteiger partial charge >= 0.3 is 0 Å². The van der Waals surface area contributed by atoms with Crippen molar-refractivity contribution in [2.24, 2.45) is 0 Å². The number of ketones is 1. The lowest BCUT2D eigenvalue weighted by Gasteiger charge is -2.41. The number of Topliss-reactive ketones (excluding diaryl/α,β-unsaturated/α-hetero) is 1. The molecule has 2 rings (SSSR count). The van der Waals surface area contributed by atoms with E-state index in [9.17, 15) is 4.79 Å². The standard InChI is InChI=1S/C16H23NO2/c1-12-9-13(5-6-15(12)19-4)10-17-11-14(18)7-8-16(17,2)3/h5-6,9H,7-8,10-11H2,1-4H3. The number of nitrogens with zero attached hydrogens (tertiary/aromatic N) is 1. The van der Waals surface area contributed by atoms with Crippen LogP contribution in [0.2, 0.25) is 0 Å². The van der Waals surface area contributed by atoms with Gasteiger partial charge < -0.3 is 4.74 Å². The molecule has 1 aromatic rings. The summed E-state index contributed by atoms with van der Waals surface area (Å²) in [6.07, 6.45) is 1.66. The van der Waals surface area contributed by atoms with Gasteiger partial charge in [0.05, 0.1) is 13.7 Å². The first-order valence-electron chi connectivity index (χ1n) is 6.82. The normalized spacial score (nSPS) is 19.5. The smallest absolute Gasteiger partial charge is 0.146 e. The van der Waals surface area contributed by atoms with Crippen molar-refractivity contribution in [3.63, 3.8) is 0 Å². The number of benzene rings is 1. The van der Waals surface area contributed by atoms with Crippen molar-refractivity contribution in [1.82, 2.24) is 4.90 Å². The Kier molecular flexibility index (Phi) is 3.95. The van der Waals surface area contributed by atoms with Gasteiger partial charge in [-0.25, -0.2) is 0 Å². The lowest BCUT2D eigenvalue weighted by molar-refractivity contribution is -0.126. The van der Waals surface area contributed by atoms with E-state index < -0.39 is 0 Å².